The molecule has 0 atom stereocenters. The molecule has 0 aliphatic rings. The van der Waals surface area contributed by atoms with Gasteiger partial charge in [0.25, 0.3) is 5.56 Å². The number of pyridine rings is 1. The lowest BCUT2D eigenvalue weighted by molar-refractivity contribution is 0.303. The SMILES string of the molecule is CN(CCO)c1nc(-c2ccccc2F)c2ccc(=O)n(-c3ccc(F)cc3F)c2n1. The number of benzene rings is 2. The van der Waals surface area contributed by atoms with Gasteiger partial charge in [-0.1, -0.05) is 12.1 Å². The van der Waals surface area contributed by atoms with Crippen molar-refractivity contribution in [1.82, 2.24) is 14.5 Å². The maximum Gasteiger partial charge on any atom is 0.256 e. The predicted octanol–water partition coefficient (Wildman–Crippen LogP) is 3.29. The molecule has 6 nitrogen and oxygen atoms in total. The Morgan fingerprint density at radius 3 is 2.48 bits per heavy atom. The van der Waals surface area contributed by atoms with E-state index in [0.29, 0.717) is 11.5 Å². The summed E-state index contributed by atoms with van der Waals surface area (Å²) in [4.78, 5) is 23.1. The van der Waals surface area contributed by atoms with Crippen LogP contribution in [0.15, 0.2) is 59.4 Å². The van der Waals surface area contributed by atoms with Gasteiger partial charge < -0.3 is 10.0 Å². The van der Waals surface area contributed by atoms with Crippen molar-refractivity contribution >= 4 is 17.0 Å². The molecule has 2 heterocycles. The van der Waals surface area contributed by atoms with Gasteiger partial charge in [0.1, 0.15) is 17.5 Å². The highest BCUT2D eigenvalue weighted by atomic mass is 19.1. The fraction of sp³-hybridized carbons (Fsp3) is 0.136. The van der Waals surface area contributed by atoms with Gasteiger partial charge in [0.2, 0.25) is 5.95 Å². The van der Waals surface area contributed by atoms with Crippen LogP contribution in [0.2, 0.25) is 0 Å². The van der Waals surface area contributed by atoms with Crippen LogP contribution >= 0.6 is 0 Å². The Labute approximate surface area is 174 Å². The summed E-state index contributed by atoms with van der Waals surface area (Å²) in [5, 5.41) is 9.58. The first kappa shape index (κ1) is 20.5. The van der Waals surface area contributed by atoms with Crippen molar-refractivity contribution in [3.8, 4) is 16.9 Å². The van der Waals surface area contributed by atoms with Crippen molar-refractivity contribution in [2.24, 2.45) is 0 Å². The molecule has 31 heavy (non-hydrogen) atoms. The van der Waals surface area contributed by atoms with Crippen molar-refractivity contribution in [2.45, 2.75) is 0 Å². The highest BCUT2D eigenvalue weighted by molar-refractivity contribution is 5.92. The number of aliphatic hydroxyl groups is 1. The Hall–Kier alpha value is -3.72. The second-order valence-corrected chi connectivity index (χ2v) is 6.84. The third-order valence-corrected chi connectivity index (χ3v) is 4.79. The van der Waals surface area contributed by atoms with Gasteiger partial charge in [0.15, 0.2) is 5.65 Å². The third-order valence-electron chi connectivity index (χ3n) is 4.79. The second kappa shape index (κ2) is 8.19. The Bertz CT molecular complexity index is 1340. The molecule has 158 valence electrons. The van der Waals surface area contributed by atoms with Crippen LogP contribution in [0.25, 0.3) is 28.0 Å². The van der Waals surface area contributed by atoms with Gasteiger partial charge >= 0.3 is 0 Å². The molecule has 9 heteroatoms. The molecule has 0 saturated carbocycles. The molecule has 2 aromatic carbocycles. The largest absolute Gasteiger partial charge is 0.395 e. The number of nitrogens with zero attached hydrogens (tertiary/aromatic N) is 4. The van der Waals surface area contributed by atoms with E-state index >= 15 is 0 Å². The van der Waals surface area contributed by atoms with Crippen molar-refractivity contribution < 1.29 is 18.3 Å². The molecule has 1 N–H and O–H groups in total. The molecule has 2 aromatic heterocycles. The van der Waals surface area contributed by atoms with Crippen LogP contribution in [0.3, 0.4) is 0 Å². The third kappa shape index (κ3) is 3.75. The van der Waals surface area contributed by atoms with E-state index in [9.17, 15) is 23.1 Å². The van der Waals surface area contributed by atoms with Gasteiger partial charge in [0.05, 0.1) is 18.0 Å². The van der Waals surface area contributed by atoms with E-state index < -0.39 is 23.0 Å². The number of hydrogen-bond donors (Lipinski definition) is 1. The molecular formula is C22H17F3N4O2. The summed E-state index contributed by atoms with van der Waals surface area (Å²) in [5.41, 5.74) is -0.429. The van der Waals surface area contributed by atoms with Crippen LogP contribution in [0.4, 0.5) is 19.1 Å². The first-order chi connectivity index (χ1) is 14.9. The van der Waals surface area contributed by atoms with Crippen molar-refractivity contribution in [3.63, 3.8) is 0 Å². The monoisotopic (exact) mass is 426 g/mol. The van der Waals surface area contributed by atoms with Crippen LogP contribution in [0.1, 0.15) is 0 Å². The average molecular weight is 426 g/mol. The van der Waals surface area contributed by atoms with Gasteiger partial charge in [-0.15, -0.1) is 0 Å². The van der Waals surface area contributed by atoms with E-state index in [1.807, 2.05) is 0 Å². The van der Waals surface area contributed by atoms with Gasteiger partial charge in [0, 0.05) is 36.7 Å². The van der Waals surface area contributed by atoms with E-state index in [-0.39, 0.29) is 41.7 Å². The van der Waals surface area contributed by atoms with Crippen LogP contribution in [0.5, 0.6) is 0 Å². The summed E-state index contributed by atoms with van der Waals surface area (Å²) in [5.74, 6) is -2.18. The van der Waals surface area contributed by atoms with Crippen molar-refractivity contribution in [1.29, 1.82) is 0 Å². The van der Waals surface area contributed by atoms with Gasteiger partial charge in [-0.25, -0.2) is 18.2 Å². The molecule has 0 spiro atoms. The topological polar surface area (TPSA) is 71.2 Å². The minimum atomic E-state index is -0.953. The van der Waals surface area contributed by atoms with Gasteiger partial charge in [-0.05, 0) is 30.3 Å². The number of aromatic nitrogens is 3. The predicted molar refractivity (Wildman–Crippen MR) is 111 cm³/mol. The lowest BCUT2D eigenvalue weighted by Crippen LogP contribution is -2.25. The molecule has 0 unspecified atom stereocenters. The first-order valence-electron chi connectivity index (χ1n) is 9.37. The summed E-state index contributed by atoms with van der Waals surface area (Å²) in [7, 11) is 1.62. The number of likely N-dealkylation sites (N-methyl/N-ethyl adjacent to an activating group) is 1. The Balaban J connectivity index is 2.12. The number of fused-ring (bicyclic) bond motifs is 1. The van der Waals surface area contributed by atoms with Crippen LogP contribution in [-0.4, -0.2) is 39.8 Å². The average Bonchev–Trinajstić information content (AvgIpc) is 2.74. The molecule has 0 radical (unpaired) electrons. The fourth-order valence-electron chi connectivity index (χ4n) is 3.28. The summed E-state index contributed by atoms with van der Waals surface area (Å²) in [6.07, 6.45) is 0. The quantitative estimate of drug-likeness (QED) is 0.530. The maximum absolute atomic E-state index is 14.6. The van der Waals surface area contributed by atoms with Crippen molar-refractivity contribution in [3.05, 3.63) is 82.4 Å². The van der Waals surface area contributed by atoms with Crippen LogP contribution < -0.4 is 10.5 Å². The molecule has 0 fully saturated rings. The minimum absolute atomic E-state index is 0.0195. The maximum atomic E-state index is 14.6. The van der Waals surface area contributed by atoms with Crippen molar-refractivity contribution in [2.75, 3.05) is 25.1 Å². The number of aliphatic hydroxyl groups excluding tert-OH is 1. The molecule has 0 saturated heterocycles. The van der Waals surface area contributed by atoms with E-state index in [0.717, 1.165) is 16.7 Å². The standard InChI is InChI=1S/C22H17F3N4O2/c1-28(10-11-30)22-26-20(14-4-2-3-5-16(14)24)15-7-9-19(31)29(21(15)27-22)18-8-6-13(23)12-17(18)25/h2-9,12,30H,10-11H2,1H3. The molecule has 4 aromatic rings. The van der Waals surface area contributed by atoms with Crippen LogP contribution in [-0.2, 0) is 0 Å². The fourth-order valence-corrected chi connectivity index (χ4v) is 3.28. The van der Waals surface area contributed by atoms with E-state index in [4.69, 9.17) is 0 Å². The second-order valence-electron chi connectivity index (χ2n) is 6.84. The molecular weight excluding hydrogens is 409 g/mol. The first-order valence-corrected chi connectivity index (χ1v) is 9.37. The summed E-state index contributed by atoms with van der Waals surface area (Å²) < 4.78 is 43.6. The zero-order valence-electron chi connectivity index (χ0n) is 16.4. The molecule has 0 aliphatic carbocycles. The summed E-state index contributed by atoms with van der Waals surface area (Å²) in [6, 6.07) is 11.4. The Kier molecular flexibility index (Phi) is 5.43. The lowest BCUT2D eigenvalue weighted by atomic mass is 10.1. The van der Waals surface area contributed by atoms with E-state index in [2.05, 4.69) is 9.97 Å². The Morgan fingerprint density at radius 1 is 1.00 bits per heavy atom. The van der Waals surface area contributed by atoms with Gasteiger partial charge in [-0.2, -0.15) is 4.98 Å². The number of halogens is 3. The van der Waals surface area contributed by atoms with E-state index in [1.54, 1.807) is 13.1 Å². The molecule has 0 bridgehead atoms. The van der Waals surface area contributed by atoms with E-state index in [1.165, 1.54) is 35.2 Å². The smallest absolute Gasteiger partial charge is 0.256 e. The zero-order chi connectivity index (χ0) is 22.1. The number of hydrogen-bond acceptors (Lipinski definition) is 5. The highest BCUT2D eigenvalue weighted by Gasteiger charge is 2.20. The molecule has 0 aliphatic heterocycles. The zero-order valence-corrected chi connectivity index (χ0v) is 16.4. The Morgan fingerprint density at radius 2 is 1.77 bits per heavy atom. The summed E-state index contributed by atoms with van der Waals surface area (Å²) in [6.45, 7) is -0.0225. The normalized spacial score (nSPS) is 11.1. The molecule has 4 rings (SSSR count). The number of rotatable bonds is 5. The lowest BCUT2D eigenvalue weighted by Gasteiger charge is -2.19. The molecule has 0 amide bonds. The van der Waals surface area contributed by atoms with Crippen LogP contribution in [0, 0.1) is 17.5 Å². The van der Waals surface area contributed by atoms with Gasteiger partial charge in [-0.3, -0.25) is 9.36 Å². The minimum Gasteiger partial charge on any atom is -0.395 e. The summed E-state index contributed by atoms with van der Waals surface area (Å²) >= 11 is 0. The highest BCUT2D eigenvalue weighted by Crippen LogP contribution is 2.30. The number of anilines is 1.